The van der Waals surface area contributed by atoms with Gasteiger partial charge in [0.2, 0.25) is 0 Å². The molecule has 0 bridgehead atoms. The number of aryl methyl sites for hydroxylation is 2. The zero-order valence-corrected chi connectivity index (χ0v) is 16.9. The Morgan fingerprint density at radius 3 is 2.83 bits per heavy atom. The topological polar surface area (TPSA) is 63.4 Å². The van der Waals surface area contributed by atoms with Gasteiger partial charge in [-0.05, 0) is 74.1 Å². The third-order valence-electron chi connectivity index (χ3n) is 5.39. The molecule has 29 heavy (non-hydrogen) atoms. The number of fused-ring (bicyclic) bond motifs is 3. The van der Waals surface area contributed by atoms with E-state index in [0.29, 0.717) is 32.0 Å². The van der Waals surface area contributed by atoms with Crippen LogP contribution in [0.3, 0.4) is 0 Å². The molecule has 1 heterocycles. The van der Waals surface area contributed by atoms with Gasteiger partial charge < -0.3 is 19.8 Å². The monoisotopic (exact) mass is 392 g/mol. The lowest BCUT2D eigenvalue weighted by atomic mass is 9.95. The minimum Gasteiger partial charge on any atom is -0.379 e. The molecule has 4 rings (SSSR count). The lowest BCUT2D eigenvalue weighted by Crippen LogP contribution is -2.12. The molecule has 152 valence electrons. The highest BCUT2D eigenvalue weighted by Gasteiger charge is 2.17. The summed E-state index contributed by atoms with van der Waals surface area (Å²) in [6.45, 7) is 4.32. The van der Waals surface area contributed by atoms with E-state index in [-0.39, 0.29) is 5.91 Å². The van der Waals surface area contributed by atoms with E-state index in [9.17, 15) is 4.79 Å². The van der Waals surface area contributed by atoms with Crippen molar-refractivity contribution in [3.8, 4) is 0 Å². The molecule has 0 saturated heterocycles. The smallest absolute Gasteiger partial charge is 0.255 e. The molecule has 2 N–H and O–H groups in total. The fourth-order valence-corrected chi connectivity index (χ4v) is 3.94. The fourth-order valence-electron chi connectivity index (χ4n) is 3.94. The van der Waals surface area contributed by atoms with Crippen molar-refractivity contribution >= 4 is 22.5 Å². The lowest BCUT2D eigenvalue weighted by Gasteiger charge is -2.11. The van der Waals surface area contributed by atoms with E-state index >= 15 is 0 Å². The van der Waals surface area contributed by atoms with Gasteiger partial charge >= 0.3 is 0 Å². The molecule has 1 aliphatic rings. The highest BCUT2D eigenvalue weighted by atomic mass is 16.5. The van der Waals surface area contributed by atoms with Gasteiger partial charge in [-0.1, -0.05) is 12.1 Å². The van der Waals surface area contributed by atoms with Gasteiger partial charge in [0.1, 0.15) is 0 Å². The molecule has 5 heteroatoms. The molecule has 0 atom stereocenters. The Hall–Kier alpha value is -2.63. The summed E-state index contributed by atoms with van der Waals surface area (Å²) in [5, 5.41) is 4.20. The molecular weight excluding hydrogens is 364 g/mol. The first-order valence-corrected chi connectivity index (χ1v) is 10.4. The number of carbonyl (C=O) groups excluding carboxylic acids is 1. The molecule has 0 unspecified atom stereocenters. The van der Waals surface area contributed by atoms with Crippen LogP contribution < -0.4 is 5.32 Å². The van der Waals surface area contributed by atoms with E-state index in [1.54, 1.807) is 0 Å². The molecule has 1 aliphatic carbocycles. The molecule has 0 radical (unpaired) electrons. The van der Waals surface area contributed by atoms with Gasteiger partial charge in [-0.25, -0.2) is 0 Å². The summed E-state index contributed by atoms with van der Waals surface area (Å²) in [5.74, 6) is -0.0907. The number of hydrogen-bond acceptors (Lipinski definition) is 3. The van der Waals surface area contributed by atoms with E-state index in [1.165, 1.54) is 29.5 Å². The summed E-state index contributed by atoms with van der Waals surface area (Å²) in [4.78, 5) is 16.3. The lowest BCUT2D eigenvalue weighted by molar-refractivity contribution is 0.0453. The molecule has 2 aromatic carbocycles. The van der Waals surface area contributed by atoms with Crippen LogP contribution in [0.25, 0.3) is 10.9 Å². The highest BCUT2D eigenvalue weighted by Crippen LogP contribution is 2.30. The second-order valence-corrected chi connectivity index (χ2v) is 7.45. The van der Waals surface area contributed by atoms with Crippen LogP contribution >= 0.6 is 0 Å². The van der Waals surface area contributed by atoms with Crippen molar-refractivity contribution in [2.24, 2.45) is 0 Å². The fraction of sp³-hybridized carbons (Fsp3) is 0.375. The number of ether oxygens (including phenoxy) is 2. The summed E-state index contributed by atoms with van der Waals surface area (Å²) in [6, 6.07) is 13.7. The number of amides is 1. The summed E-state index contributed by atoms with van der Waals surface area (Å²) in [7, 11) is 0. The van der Waals surface area contributed by atoms with Gasteiger partial charge in [0.15, 0.2) is 0 Å². The first kappa shape index (κ1) is 19.7. The van der Waals surface area contributed by atoms with Gasteiger partial charge in [-0.2, -0.15) is 0 Å². The van der Waals surface area contributed by atoms with Crippen LogP contribution in [0.15, 0.2) is 42.5 Å². The predicted octanol–water partition coefficient (Wildman–Crippen LogP) is 4.85. The van der Waals surface area contributed by atoms with Crippen molar-refractivity contribution < 1.29 is 14.3 Å². The van der Waals surface area contributed by atoms with Crippen molar-refractivity contribution in [3.63, 3.8) is 0 Å². The van der Waals surface area contributed by atoms with Gasteiger partial charge in [-0.15, -0.1) is 0 Å². The molecule has 5 nitrogen and oxygen atoms in total. The molecule has 0 saturated carbocycles. The van der Waals surface area contributed by atoms with E-state index < -0.39 is 0 Å². The Bertz CT molecular complexity index is 993. The van der Waals surface area contributed by atoms with Crippen LogP contribution in [0.5, 0.6) is 0 Å². The van der Waals surface area contributed by atoms with Crippen LogP contribution in [-0.2, 0) is 28.9 Å². The van der Waals surface area contributed by atoms with Gasteiger partial charge in [-0.3, -0.25) is 4.79 Å². The van der Waals surface area contributed by atoms with Crippen molar-refractivity contribution in [1.29, 1.82) is 0 Å². The number of benzene rings is 2. The Kier molecular flexibility index (Phi) is 6.27. The second-order valence-electron chi connectivity index (χ2n) is 7.45. The summed E-state index contributed by atoms with van der Waals surface area (Å²) < 4.78 is 10.9. The van der Waals surface area contributed by atoms with Crippen LogP contribution in [0.4, 0.5) is 5.69 Å². The van der Waals surface area contributed by atoms with Crippen molar-refractivity contribution in [1.82, 2.24) is 4.98 Å². The Labute approximate surface area is 171 Å². The number of carbonyl (C=O) groups is 1. The maximum Gasteiger partial charge on any atom is 0.255 e. The molecule has 0 fully saturated rings. The number of aromatic nitrogens is 1. The maximum atomic E-state index is 12.8. The van der Waals surface area contributed by atoms with E-state index in [1.807, 2.05) is 49.4 Å². The van der Waals surface area contributed by atoms with Crippen LogP contribution in [0, 0.1) is 0 Å². The Morgan fingerprint density at radius 2 is 1.93 bits per heavy atom. The minimum atomic E-state index is -0.0907. The number of nitrogens with one attached hydrogen (secondary N) is 2. The first-order chi connectivity index (χ1) is 14.2. The van der Waals surface area contributed by atoms with Crippen LogP contribution in [0.2, 0.25) is 0 Å². The number of H-pyrrole nitrogens is 1. The average molecular weight is 392 g/mol. The Balaban J connectivity index is 1.43. The third kappa shape index (κ3) is 4.69. The van der Waals surface area contributed by atoms with E-state index in [2.05, 4.69) is 10.3 Å². The number of hydrogen-bond donors (Lipinski definition) is 2. The standard InChI is InChI=1S/C24H28N2O3/c1-2-28-12-13-29-16-17-6-5-7-19(14-17)25-24(27)18-10-11-23-21(15-18)20-8-3-4-9-22(20)26-23/h5-7,10-11,14-15,26H,2-4,8-9,12-13,16H2,1H3,(H,25,27). The summed E-state index contributed by atoms with van der Waals surface area (Å²) in [6.07, 6.45) is 4.64. The van der Waals surface area contributed by atoms with Gasteiger partial charge in [0.25, 0.3) is 5.91 Å². The zero-order valence-electron chi connectivity index (χ0n) is 16.9. The van der Waals surface area contributed by atoms with E-state index in [0.717, 1.165) is 29.6 Å². The molecule has 0 spiro atoms. The SMILES string of the molecule is CCOCCOCc1cccc(NC(=O)c2ccc3[nH]c4c(c3c2)CCCC4)c1. The van der Waals surface area contributed by atoms with Crippen LogP contribution in [-0.4, -0.2) is 30.7 Å². The predicted molar refractivity (Wildman–Crippen MR) is 115 cm³/mol. The van der Waals surface area contributed by atoms with Gasteiger partial charge in [0.05, 0.1) is 19.8 Å². The molecular formula is C24H28N2O3. The minimum absolute atomic E-state index is 0.0907. The number of rotatable bonds is 8. The summed E-state index contributed by atoms with van der Waals surface area (Å²) >= 11 is 0. The maximum absolute atomic E-state index is 12.8. The number of anilines is 1. The largest absolute Gasteiger partial charge is 0.379 e. The van der Waals surface area contributed by atoms with Crippen molar-refractivity contribution in [2.45, 2.75) is 39.2 Å². The van der Waals surface area contributed by atoms with E-state index in [4.69, 9.17) is 9.47 Å². The summed E-state index contributed by atoms with van der Waals surface area (Å²) in [5.41, 5.74) is 6.32. The van der Waals surface area contributed by atoms with Crippen molar-refractivity contribution in [2.75, 3.05) is 25.1 Å². The van der Waals surface area contributed by atoms with Crippen LogP contribution in [0.1, 0.15) is 46.9 Å². The normalized spacial score (nSPS) is 13.4. The van der Waals surface area contributed by atoms with Crippen molar-refractivity contribution in [3.05, 3.63) is 64.8 Å². The second kappa shape index (κ2) is 9.25. The zero-order chi connectivity index (χ0) is 20.1. The Morgan fingerprint density at radius 1 is 1.07 bits per heavy atom. The molecule has 3 aromatic rings. The molecule has 0 aliphatic heterocycles. The number of aromatic amines is 1. The third-order valence-corrected chi connectivity index (χ3v) is 5.39. The molecule has 1 aromatic heterocycles. The first-order valence-electron chi connectivity index (χ1n) is 10.4. The average Bonchev–Trinajstić information content (AvgIpc) is 3.12. The quantitative estimate of drug-likeness (QED) is 0.539. The van der Waals surface area contributed by atoms with Gasteiger partial charge in [0, 0.05) is 34.5 Å². The molecule has 1 amide bonds. The highest BCUT2D eigenvalue weighted by molar-refractivity contribution is 6.06.